The molecule has 0 bridgehead atoms. The lowest BCUT2D eigenvalue weighted by Crippen LogP contribution is -2.56. The first-order valence-electron chi connectivity index (χ1n) is 14.8. The lowest BCUT2D eigenvalue weighted by Gasteiger charge is -2.35. The van der Waals surface area contributed by atoms with Crippen molar-refractivity contribution in [1.82, 2.24) is 30.8 Å². The Balaban J connectivity index is 0.000000771. The van der Waals surface area contributed by atoms with Gasteiger partial charge in [-0.05, 0) is 42.1 Å². The number of imidazole rings is 1. The second kappa shape index (κ2) is 17.2. The maximum Gasteiger partial charge on any atom is 0.490 e. The number of aliphatic carboxylic acids is 2. The fourth-order valence-electron chi connectivity index (χ4n) is 5.26. The van der Waals surface area contributed by atoms with Gasteiger partial charge >= 0.3 is 18.1 Å². The summed E-state index contributed by atoms with van der Waals surface area (Å²) < 4.78 is 31.7. The lowest BCUT2D eigenvalue weighted by molar-refractivity contribution is -0.192. The molecule has 47 heavy (non-hydrogen) atoms. The van der Waals surface area contributed by atoms with Crippen LogP contribution in [0.4, 0.5) is 13.2 Å². The lowest BCUT2D eigenvalue weighted by atomic mass is 9.95. The Morgan fingerprint density at radius 3 is 2.38 bits per heavy atom. The molecule has 1 unspecified atom stereocenters. The van der Waals surface area contributed by atoms with Crippen LogP contribution in [0.3, 0.4) is 0 Å². The highest BCUT2D eigenvalue weighted by atomic mass is 19.4. The summed E-state index contributed by atoms with van der Waals surface area (Å²) in [6.45, 7) is 1.95. The third kappa shape index (κ3) is 11.5. The number of rotatable bonds is 14. The molecule has 1 fully saturated rings. The van der Waals surface area contributed by atoms with E-state index in [1.54, 1.807) is 12.5 Å². The molecule has 3 aromatic rings. The van der Waals surface area contributed by atoms with Crippen LogP contribution in [-0.4, -0.2) is 98.6 Å². The van der Waals surface area contributed by atoms with Gasteiger partial charge in [0.2, 0.25) is 11.8 Å². The minimum Gasteiger partial charge on any atom is -0.480 e. The number of alkyl halides is 3. The SMILES string of the molecule is CC(=O)NC[C@H](NC(=O)CN(Cc1cccc2ccccc12)C(C(=O)CCc1cnc[nH]1)[C@@H]1CCCN1)C(=O)O.O=C(O)C(F)(F)F. The number of aromatic nitrogens is 2. The van der Waals surface area contributed by atoms with Gasteiger partial charge in [0, 0.05) is 44.4 Å². The number of H-pyrrole nitrogens is 1. The second-order valence-electron chi connectivity index (χ2n) is 10.9. The van der Waals surface area contributed by atoms with Crippen molar-refractivity contribution in [2.45, 2.75) is 63.5 Å². The fourth-order valence-corrected chi connectivity index (χ4v) is 5.26. The van der Waals surface area contributed by atoms with Crippen molar-refractivity contribution >= 4 is 40.3 Å². The number of aryl methyl sites for hydroxylation is 1. The highest BCUT2D eigenvalue weighted by Crippen LogP contribution is 2.24. The Bertz CT molecular complexity index is 1520. The van der Waals surface area contributed by atoms with E-state index < -0.39 is 42.0 Å². The quantitative estimate of drug-likeness (QED) is 0.149. The van der Waals surface area contributed by atoms with Crippen LogP contribution in [0.25, 0.3) is 10.8 Å². The molecule has 4 rings (SSSR count). The number of benzene rings is 2. The molecule has 3 atom stereocenters. The topological polar surface area (TPSA) is 194 Å². The maximum absolute atomic E-state index is 13.8. The van der Waals surface area contributed by atoms with E-state index in [1.165, 1.54) is 6.92 Å². The number of fused-ring (bicyclic) bond motifs is 1. The molecule has 6 N–H and O–H groups in total. The number of hydrogen-bond acceptors (Lipinski definition) is 8. The number of aromatic amines is 1. The number of ketones is 1. The number of nitrogens with one attached hydrogen (secondary N) is 4. The average molecular weight is 663 g/mol. The van der Waals surface area contributed by atoms with E-state index in [2.05, 4.69) is 25.9 Å². The van der Waals surface area contributed by atoms with Gasteiger partial charge in [-0.3, -0.25) is 19.3 Å². The van der Waals surface area contributed by atoms with Gasteiger partial charge in [-0.2, -0.15) is 13.2 Å². The number of carbonyl (C=O) groups excluding carboxylic acids is 3. The molecule has 1 aromatic heterocycles. The number of amides is 2. The van der Waals surface area contributed by atoms with E-state index in [1.807, 2.05) is 47.4 Å². The maximum atomic E-state index is 13.8. The Labute approximate surface area is 267 Å². The van der Waals surface area contributed by atoms with Gasteiger partial charge in [0.15, 0.2) is 5.78 Å². The van der Waals surface area contributed by atoms with Crippen LogP contribution in [0, 0.1) is 0 Å². The van der Waals surface area contributed by atoms with Gasteiger partial charge in [-0.25, -0.2) is 14.6 Å². The number of halogens is 3. The summed E-state index contributed by atoms with van der Waals surface area (Å²) in [5.74, 6) is -4.95. The summed E-state index contributed by atoms with van der Waals surface area (Å²) in [4.78, 5) is 68.0. The predicted molar refractivity (Wildman–Crippen MR) is 163 cm³/mol. The zero-order chi connectivity index (χ0) is 34.6. The average Bonchev–Trinajstić information content (AvgIpc) is 3.73. The van der Waals surface area contributed by atoms with Crippen LogP contribution in [0.2, 0.25) is 0 Å². The van der Waals surface area contributed by atoms with Crippen molar-refractivity contribution in [3.8, 4) is 0 Å². The van der Waals surface area contributed by atoms with E-state index in [0.717, 1.165) is 41.4 Å². The molecule has 0 radical (unpaired) electrons. The van der Waals surface area contributed by atoms with E-state index in [-0.39, 0.29) is 31.3 Å². The van der Waals surface area contributed by atoms with Crippen molar-refractivity contribution in [2.75, 3.05) is 19.6 Å². The highest BCUT2D eigenvalue weighted by molar-refractivity contribution is 5.89. The van der Waals surface area contributed by atoms with E-state index in [0.29, 0.717) is 13.0 Å². The third-order valence-corrected chi connectivity index (χ3v) is 7.43. The van der Waals surface area contributed by atoms with Crippen molar-refractivity contribution in [3.63, 3.8) is 0 Å². The summed E-state index contributed by atoms with van der Waals surface area (Å²) in [5.41, 5.74) is 1.82. The van der Waals surface area contributed by atoms with E-state index >= 15 is 0 Å². The van der Waals surface area contributed by atoms with Crippen LogP contribution in [0.1, 0.15) is 37.4 Å². The van der Waals surface area contributed by atoms with Crippen molar-refractivity contribution < 1.29 is 47.4 Å². The molecule has 13 nitrogen and oxygen atoms in total. The van der Waals surface area contributed by atoms with Crippen molar-refractivity contribution in [1.29, 1.82) is 0 Å². The summed E-state index contributed by atoms with van der Waals surface area (Å²) in [7, 11) is 0. The van der Waals surface area contributed by atoms with Crippen molar-refractivity contribution in [3.05, 3.63) is 66.2 Å². The van der Waals surface area contributed by atoms with Gasteiger partial charge in [-0.1, -0.05) is 42.5 Å². The number of nitrogens with zero attached hydrogens (tertiary/aromatic N) is 2. The molecular weight excluding hydrogens is 625 g/mol. The number of Topliss-reactive ketones (excluding diaryl/α,β-unsaturated/α-hetero) is 1. The normalized spacial score (nSPS) is 15.7. The minimum absolute atomic E-state index is 0.00457. The Kier molecular flexibility index (Phi) is 13.4. The smallest absolute Gasteiger partial charge is 0.480 e. The van der Waals surface area contributed by atoms with Gasteiger partial charge in [0.05, 0.1) is 18.9 Å². The Morgan fingerprint density at radius 1 is 1.09 bits per heavy atom. The van der Waals surface area contributed by atoms with Crippen molar-refractivity contribution in [2.24, 2.45) is 0 Å². The van der Waals surface area contributed by atoms with Gasteiger partial charge < -0.3 is 31.1 Å². The fraction of sp³-hybridized carbons (Fsp3) is 0.419. The van der Waals surface area contributed by atoms with Crippen LogP contribution in [0.15, 0.2) is 55.0 Å². The molecule has 1 saturated heterocycles. The summed E-state index contributed by atoms with van der Waals surface area (Å²) >= 11 is 0. The first-order chi connectivity index (χ1) is 22.3. The van der Waals surface area contributed by atoms with Gasteiger partial charge in [-0.15, -0.1) is 0 Å². The zero-order valence-corrected chi connectivity index (χ0v) is 25.5. The first kappa shape index (κ1) is 36.6. The van der Waals surface area contributed by atoms with Gasteiger partial charge in [0.1, 0.15) is 6.04 Å². The van der Waals surface area contributed by atoms with Gasteiger partial charge in [0.25, 0.3) is 0 Å². The summed E-state index contributed by atoms with van der Waals surface area (Å²) in [6, 6.07) is 11.8. The number of carboxylic acids is 2. The van der Waals surface area contributed by atoms with Crippen LogP contribution < -0.4 is 16.0 Å². The molecule has 2 amide bonds. The second-order valence-corrected chi connectivity index (χ2v) is 10.9. The molecule has 1 aliphatic rings. The molecule has 2 aromatic carbocycles. The molecule has 16 heteroatoms. The Hall–Kier alpha value is -4.83. The molecular formula is C31H37F3N6O7. The van der Waals surface area contributed by atoms with Crippen LogP contribution in [0.5, 0.6) is 0 Å². The predicted octanol–water partition coefficient (Wildman–Crippen LogP) is 2.03. The molecule has 254 valence electrons. The van der Waals surface area contributed by atoms with E-state index in [9.17, 15) is 37.5 Å². The number of hydrogen-bond donors (Lipinski definition) is 6. The zero-order valence-electron chi connectivity index (χ0n) is 25.5. The molecule has 0 saturated carbocycles. The van der Waals surface area contributed by atoms with E-state index in [4.69, 9.17) is 9.90 Å². The summed E-state index contributed by atoms with van der Waals surface area (Å²) in [6.07, 6.45) is 0.647. The summed E-state index contributed by atoms with van der Waals surface area (Å²) in [5, 5.41) is 27.2. The monoisotopic (exact) mass is 662 g/mol. The van der Waals surface area contributed by atoms with Crippen LogP contribution >= 0.6 is 0 Å². The molecule has 2 heterocycles. The largest absolute Gasteiger partial charge is 0.490 e. The highest BCUT2D eigenvalue weighted by Gasteiger charge is 2.38. The third-order valence-electron chi connectivity index (χ3n) is 7.43. The number of carboxylic acid groups (broad SMARTS) is 2. The molecule has 1 aliphatic heterocycles. The first-order valence-corrected chi connectivity index (χ1v) is 14.8. The minimum atomic E-state index is -5.08. The Morgan fingerprint density at radius 2 is 1.79 bits per heavy atom. The van der Waals surface area contributed by atoms with Crippen LogP contribution in [-0.2, 0) is 36.9 Å². The molecule has 0 spiro atoms. The molecule has 0 aliphatic carbocycles. The number of carbonyl (C=O) groups is 5. The standard InChI is InChI=1S/C29H36N6O5.C2HF3O2/c1-19(36)32-15-25(29(39)40)34-27(38)17-35(16-21-8-4-7-20-6-2-3-9-23(20)21)28(24-10-5-13-31-24)26(37)12-11-22-14-30-18-33-22;3-2(4,5)1(6)7/h2-4,6-9,14,18,24-25,28,31H,5,10-13,15-17H2,1H3,(H,30,33)(H,32,36)(H,34,38)(H,39,40);(H,6,7)/t24-,25-,28?;/m0./s1.